The molecule has 0 radical (unpaired) electrons. The summed E-state index contributed by atoms with van der Waals surface area (Å²) in [6.45, 7) is 2.92. The average molecular weight is 271 g/mol. The average Bonchev–Trinajstić information content (AvgIpc) is 2.69. The highest BCUT2D eigenvalue weighted by Crippen LogP contribution is 2.25. The molecule has 0 unspecified atom stereocenters. The van der Waals surface area contributed by atoms with E-state index in [9.17, 15) is 14.4 Å². The zero-order valence-corrected chi connectivity index (χ0v) is 10.6. The molecule has 1 fully saturated rings. The lowest BCUT2D eigenvalue weighted by atomic mass is 9.98. The fourth-order valence-corrected chi connectivity index (χ4v) is 1.90. The number of nitrogens with zero attached hydrogens (tertiary/aromatic N) is 1. The molecule has 1 aliphatic heterocycles. The van der Waals surface area contributed by atoms with Crippen molar-refractivity contribution < 1.29 is 18.8 Å². The smallest absolute Gasteiger partial charge is 0.260 e. The van der Waals surface area contributed by atoms with Gasteiger partial charge in [-0.15, -0.1) is 0 Å². The predicted molar refractivity (Wildman–Crippen MR) is 62.0 cm³/mol. The molecule has 18 heavy (non-hydrogen) atoms. The predicted octanol–water partition coefficient (Wildman–Crippen LogP) is 0.810. The van der Waals surface area contributed by atoms with Crippen LogP contribution in [-0.4, -0.2) is 34.7 Å². The molecule has 6 nitrogen and oxygen atoms in total. The van der Waals surface area contributed by atoms with Crippen LogP contribution in [-0.2, 0) is 9.59 Å². The minimum absolute atomic E-state index is 0.0609. The van der Waals surface area contributed by atoms with Crippen molar-refractivity contribution in [3.8, 4) is 0 Å². The van der Waals surface area contributed by atoms with Gasteiger partial charge in [0, 0.05) is 0 Å². The zero-order valence-electron chi connectivity index (χ0n) is 9.82. The number of imide groups is 1. The number of nitrogens with one attached hydrogen (secondary N) is 1. The Balaban J connectivity index is 2.37. The van der Waals surface area contributed by atoms with Gasteiger partial charge in [0.05, 0.1) is 11.8 Å². The van der Waals surface area contributed by atoms with Gasteiger partial charge in [0.25, 0.3) is 11.8 Å². The van der Waals surface area contributed by atoms with E-state index in [-0.39, 0.29) is 17.3 Å². The summed E-state index contributed by atoms with van der Waals surface area (Å²) in [6.07, 6.45) is 1.27. The second-order valence-corrected chi connectivity index (χ2v) is 4.78. The van der Waals surface area contributed by atoms with E-state index in [0.29, 0.717) is 0 Å². The number of rotatable bonds is 1. The highest BCUT2D eigenvalue weighted by Gasteiger charge is 2.44. The molecular formula is C11H11ClN2O4. The van der Waals surface area contributed by atoms with Crippen molar-refractivity contribution in [2.45, 2.75) is 19.4 Å². The summed E-state index contributed by atoms with van der Waals surface area (Å²) in [4.78, 5) is 36.5. The molecule has 0 bridgehead atoms. The van der Waals surface area contributed by atoms with Crippen LogP contribution >= 0.6 is 11.6 Å². The Kier molecular flexibility index (Phi) is 2.90. The van der Waals surface area contributed by atoms with Crippen LogP contribution in [0.1, 0.15) is 24.2 Å². The molecule has 96 valence electrons. The fraction of sp³-hybridized carbons (Fsp3) is 0.364. The summed E-state index contributed by atoms with van der Waals surface area (Å²) >= 11 is 5.72. The molecule has 0 aromatic carbocycles. The Labute approximate surface area is 108 Å². The fourth-order valence-electron chi connectivity index (χ4n) is 1.70. The van der Waals surface area contributed by atoms with Crippen molar-refractivity contribution in [2.24, 2.45) is 0 Å². The van der Waals surface area contributed by atoms with E-state index in [1.54, 1.807) is 13.8 Å². The lowest BCUT2D eigenvalue weighted by molar-refractivity contribution is -0.143. The molecule has 1 saturated heterocycles. The molecule has 0 aliphatic carbocycles. The van der Waals surface area contributed by atoms with Crippen molar-refractivity contribution in [3.05, 3.63) is 23.1 Å². The van der Waals surface area contributed by atoms with Crippen molar-refractivity contribution in [3.63, 3.8) is 0 Å². The van der Waals surface area contributed by atoms with Gasteiger partial charge in [-0.1, -0.05) is 0 Å². The molecule has 1 aliphatic rings. The maximum absolute atomic E-state index is 12.2. The molecule has 0 saturated carbocycles. The van der Waals surface area contributed by atoms with E-state index in [4.69, 9.17) is 16.0 Å². The number of amides is 3. The Morgan fingerprint density at radius 3 is 2.72 bits per heavy atom. The van der Waals surface area contributed by atoms with Crippen LogP contribution in [0.5, 0.6) is 0 Å². The molecule has 0 atom stereocenters. The Bertz CT molecular complexity index is 535. The van der Waals surface area contributed by atoms with Gasteiger partial charge in [-0.2, -0.15) is 0 Å². The number of halogens is 1. The first-order chi connectivity index (χ1) is 8.34. The van der Waals surface area contributed by atoms with Crippen molar-refractivity contribution in [1.82, 2.24) is 10.2 Å². The maximum atomic E-state index is 12.2. The molecule has 2 heterocycles. The molecular weight excluding hydrogens is 260 g/mol. The van der Waals surface area contributed by atoms with Gasteiger partial charge in [0.1, 0.15) is 12.1 Å². The summed E-state index contributed by atoms with van der Waals surface area (Å²) in [5, 5.41) is 2.13. The van der Waals surface area contributed by atoms with E-state index >= 15 is 0 Å². The van der Waals surface area contributed by atoms with Crippen LogP contribution in [0.25, 0.3) is 0 Å². The van der Waals surface area contributed by atoms with E-state index in [1.807, 2.05) is 0 Å². The first-order valence-corrected chi connectivity index (χ1v) is 5.61. The van der Waals surface area contributed by atoms with Crippen molar-refractivity contribution >= 4 is 29.3 Å². The van der Waals surface area contributed by atoms with Gasteiger partial charge in [-0.3, -0.25) is 19.7 Å². The summed E-state index contributed by atoms with van der Waals surface area (Å²) in [5.41, 5.74) is -0.988. The van der Waals surface area contributed by atoms with E-state index in [2.05, 4.69) is 5.32 Å². The first kappa shape index (κ1) is 12.6. The largest absolute Gasteiger partial charge is 0.452 e. The minimum atomic E-state index is -1.12. The van der Waals surface area contributed by atoms with Crippen LogP contribution in [0, 0.1) is 0 Å². The van der Waals surface area contributed by atoms with Crippen LogP contribution in [0.3, 0.4) is 0 Å². The molecule has 1 aromatic heterocycles. The Hall–Kier alpha value is -1.82. The van der Waals surface area contributed by atoms with Crippen molar-refractivity contribution in [2.75, 3.05) is 6.54 Å². The van der Waals surface area contributed by atoms with Gasteiger partial charge in [-0.05, 0) is 31.5 Å². The lowest BCUT2D eigenvalue weighted by Crippen LogP contribution is -2.65. The summed E-state index contributed by atoms with van der Waals surface area (Å²) in [5.74, 6) is -1.55. The zero-order chi connectivity index (χ0) is 13.5. The van der Waals surface area contributed by atoms with Gasteiger partial charge >= 0.3 is 0 Å². The molecule has 0 spiro atoms. The number of hydrogen-bond acceptors (Lipinski definition) is 4. The van der Waals surface area contributed by atoms with E-state index in [1.165, 1.54) is 17.2 Å². The second kappa shape index (κ2) is 4.13. The van der Waals surface area contributed by atoms with E-state index in [0.717, 1.165) is 0 Å². The molecule has 1 aromatic rings. The molecule has 2 rings (SSSR count). The third-order valence-electron chi connectivity index (χ3n) is 2.88. The van der Waals surface area contributed by atoms with Crippen LogP contribution in [0.4, 0.5) is 0 Å². The Morgan fingerprint density at radius 1 is 1.50 bits per heavy atom. The SMILES string of the molecule is CC1(C)C(=O)NC(=O)CN1C(=O)c1ccoc1Cl. The number of carbonyl (C=O) groups excluding carboxylic acids is 3. The second-order valence-electron chi connectivity index (χ2n) is 4.44. The number of carbonyl (C=O) groups is 3. The third kappa shape index (κ3) is 1.88. The number of hydrogen-bond donors (Lipinski definition) is 1. The minimum Gasteiger partial charge on any atom is -0.452 e. The molecule has 7 heteroatoms. The maximum Gasteiger partial charge on any atom is 0.260 e. The highest BCUT2D eigenvalue weighted by molar-refractivity contribution is 6.32. The van der Waals surface area contributed by atoms with Gasteiger partial charge in [0.15, 0.2) is 0 Å². The van der Waals surface area contributed by atoms with Crippen molar-refractivity contribution in [1.29, 1.82) is 0 Å². The standard InChI is InChI=1S/C11H11ClN2O4/c1-11(2)10(17)13-7(15)5-14(11)9(16)6-3-4-18-8(6)12/h3-4H,5H2,1-2H3,(H,13,15,17). The lowest BCUT2D eigenvalue weighted by Gasteiger charge is -2.39. The highest BCUT2D eigenvalue weighted by atomic mass is 35.5. The normalized spacial score (nSPS) is 18.7. The number of furan rings is 1. The van der Waals surface area contributed by atoms with Crippen LogP contribution in [0.2, 0.25) is 5.22 Å². The summed E-state index contributed by atoms with van der Waals surface area (Å²) in [6, 6.07) is 1.40. The molecule has 3 amide bonds. The summed E-state index contributed by atoms with van der Waals surface area (Å²) in [7, 11) is 0. The van der Waals surface area contributed by atoms with Crippen LogP contribution in [0.15, 0.2) is 16.7 Å². The van der Waals surface area contributed by atoms with Gasteiger partial charge in [0.2, 0.25) is 11.1 Å². The third-order valence-corrected chi connectivity index (χ3v) is 3.17. The topological polar surface area (TPSA) is 79.6 Å². The number of piperazine rings is 1. The Morgan fingerprint density at radius 2 is 2.17 bits per heavy atom. The van der Waals surface area contributed by atoms with Gasteiger partial charge < -0.3 is 9.32 Å². The van der Waals surface area contributed by atoms with Crippen LogP contribution < -0.4 is 5.32 Å². The molecule has 1 N–H and O–H groups in total. The van der Waals surface area contributed by atoms with Gasteiger partial charge in [-0.25, -0.2) is 0 Å². The monoisotopic (exact) mass is 270 g/mol. The first-order valence-electron chi connectivity index (χ1n) is 5.23. The summed E-state index contributed by atoms with van der Waals surface area (Å²) < 4.78 is 4.83. The van der Waals surface area contributed by atoms with E-state index < -0.39 is 23.3 Å². The quantitative estimate of drug-likeness (QED) is 0.766.